The van der Waals surface area contributed by atoms with Crippen LogP contribution in [-0.2, 0) is 4.79 Å². The molecule has 0 aliphatic heterocycles. The third kappa shape index (κ3) is 8.39. The molecule has 0 aromatic heterocycles. The van der Waals surface area contributed by atoms with E-state index in [-0.39, 0.29) is 11.8 Å². The van der Waals surface area contributed by atoms with Crippen molar-refractivity contribution in [3.05, 3.63) is 0 Å². The number of rotatable bonds is 7. The SMILES string of the molecule is CC(C)C[C@H](CN)CC(=O)NC[C@@H](C)O. The molecule has 0 bridgehead atoms. The summed E-state index contributed by atoms with van der Waals surface area (Å²) in [5, 5.41) is 11.7. The van der Waals surface area contributed by atoms with E-state index < -0.39 is 6.10 Å². The van der Waals surface area contributed by atoms with Crippen molar-refractivity contribution < 1.29 is 9.90 Å². The van der Waals surface area contributed by atoms with E-state index in [0.717, 1.165) is 6.42 Å². The minimum atomic E-state index is -0.490. The Morgan fingerprint density at radius 3 is 2.40 bits per heavy atom. The number of carbonyl (C=O) groups is 1. The number of carbonyl (C=O) groups excluding carboxylic acids is 1. The second-order valence-electron chi connectivity index (χ2n) is 4.59. The lowest BCUT2D eigenvalue weighted by Crippen LogP contribution is -2.33. The predicted octanol–water partition coefficient (Wildman–Crippen LogP) is 0.495. The van der Waals surface area contributed by atoms with Gasteiger partial charge in [0.2, 0.25) is 5.91 Å². The van der Waals surface area contributed by atoms with Gasteiger partial charge in [-0.2, -0.15) is 0 Å². The molecular formula is C11H24N2O2. The lowest BCUT2D eigenvalue weighted by Gasteiger charge is -2.16. The number of nitrogens with one attached hydrogen (secondary N) is 1. The maximum absolute atomic E-state index is 11.4. The van der Waals surface area contributed by atoms with Gasteiger partial charge in [0, 0.05) is 13.0 Å². The van der Waals surface area contributed by atoms with Crippen LogP contribution in [0.25, 0.3) is 0 Å². The first kappa shape index (κ1) is 14.4. The van der Waals surface area contributed by atoms with Crippen LogP contribution in [0.2, 0.25) is 0 Å². The van der Waals surface area contributed by atoms with Crippen LogP contribution >= 0.6 is 0 Å². The molecule has 0 aromatic carbocycles. The standard InChI is InChI=1S/C11H24N2O2/c1-8(2)4-10(6-12)5-11(15)13-7-9(3)14/h8-10,14H,4-7,12H2,1-3H3,(H,13,15)/t9-,10+/m1/s1. The second-order valence-corrected chi connectivity index (χ2v) is 4.59. The summed E-state index contributed by atoms with van der Waals surface area (Å²) in [6, 6.07) is 0. The quantitative estimate of drug-likeness (QED) is 0.580. The topological polar surface area (TPSA) is 75.4 Å². The Balaban J connectivity index is 3.80. The van der Waals surface area contributed by atoms with Crippen molar-refractivity contribution in [2.45, 2.75) is 39.7 Å². The maximum Gasteiger partial charge on any atom is 0.220 e. The normalized spacial score (nSPS) is 15.1. The first-order valence-electron chi connectivity index (χ1n) is 5.60. The van der Waals surface area contributed by atoms with Crippen LogP contribution in [0.15, 0.2) is 0 Å². The monoisotopic (exact) mass is 216 g/mol. The van der Waals surface area contributed by atoms with Crippen LogP contribution < -0.4 is 11.1 Å². The molecule has 0 rings (SSSR count). The van der Waals surface area contributed by atoms with Gasteiger partial charge in [-0.05, 0) is 31.7 Å². The molecule has 0 aliphatic rings. The summed E-state index contributed by atoms with van der Waals surface area (Å²) in [6.45, 7) is 6.75. The van der Waals surface area contributed by atoms with Crippen molar-refractivity contribution in [3.63, 3.8) is 0 Å². The third-order valence-electron chi connectivity index (χ3n) is 2.21. The number of amides is 1. The molecule has 0 fully saturated rings. The molecule has 0 aromatic rings. The van der Waals surface area contributed by atoms with Gasteiger partial charge in [-0.25, -0.2) is 0 Å². The maximum atomic E-state index is 11.4. The summed E-state index contributed by atoms with van der Waals surface area (Å²) in [7, 11) is 0. The fourth-order valence-electron chi connectivity index (χ4n) is 1.53. The highest BCUT2D eigenvalue weighted by Crippen LogP contribution is 2.13. The van der Waals surface area contributed by atoms with E-state index in [9.17, 15) is 4.79 Å². The summed E-state index contributed by atoms with van der Waals surface area (Å²) in [6.07, 6.45) is 0.940. The fraction of sp³-hybridized carbons (Fsp3) is 0.909. The van der Waals surface area contributed by atoms with Crippen molar-refractivity contribution in [1.29, 1.82) is 0 Å². The van der Waals surface area contributed by atoms with E-state index in [4.69, 9.17) is 10.8 Å². The Bertz CT molecular complexity index is 181. The molecular weight excluding hydrogens is 192 g/mol. The van der Waals surface area contributed by atoms with Gasteiger partial charge in [-0.1, -0.05) is 13.8 Å². The molecule has 0 heterocycles. The van der Waals surface area contributed by atoms with Gasteiger partial charge >= 0.3 is 0 Å². The van der Waals surface area contributed by atoms with Gasteiger partial charge in [0.05, 0.1) is 6.10 Å². The smallest absolute Gasteiger partial charge is 0.220 e. The summed E-state index contributed by atoms with van der Waals surface area (Å²) in [5.74, 6) is 0.786. The van der Waals surface area contributed by atoms with Crippen molar-refractivity contribution in [2.24, 2.45) is 17.6 Å². The van der Waals surface area contributed by atoms with Crippen LogP contribution in [0.3, 0.4) is 0 Å². The zero-order chi connectivity index (χ0) is 11.8. The van der Waals surface area contributed by atoms with E-state index in [2.05, 4.69) is 19.2 Å². The number of hydrogen-bond donors (Lipinski definition) is 3. The van der Waals surface area contributed by atoms with E-state index in [1.165, 1.54) is 0 Å². The van der Waals surface area contributed by atoms with Gasteiger partial charge in [-0.15, -0.1) is 0 Å². The largest absolute Gasteiger partial charge is 0.392 e. The molecule has 0 spiro atoms. The Hall–Kier alpha value is -0.610. The Kier molecular flexibility index (Phi) is 7.34. The van der Waals surface area contributed by atoms with Crippen LogP contribution in [-0.4, -0.2) is 30.2 Å². The number of aliphatic hydroxyl groups excluding tert-OH is 1. The summed E-state index contributed by atoms with van der Waals surface area (Å²) in [5.41, 5.74) is 5.60. The fourth-order valence-corrected chi connectivity index (χ4v) is 1.53. The van der Waals surface area contributed by atoms with Crippen LogP contribution in [0.5, 0.6) is 0 Å². The van der Waals surface area contributed by atoms with Crippen molar-refractivity contribution in [3.8, 4) is 0 Å². The van der Waals surface area contributed by atoms with Gasteiger partial charge in [0.25, 0.3) is 0 Å². The lowest BCUT2D eigenvalue weighted by atomic mass is 9.94. The van der Waals surface area contributed by atoms with Crippen molar-refractivity contribution in [1.82, 2.24) is 5.32 Å². The molecule has 0 unspecified atom stereocenters. The zero-order valence-corrected chi connectivity index (χ0v) is 9.99. The molecule has 4 heteroatoms. The van der Waals surface area contributed by atoms with Crippen molar-refractivity contribution >= 4 is 5.91 Å². The molecule has 0 radical (unpaired) electrons. The van der Waals surface area contributed by atoms with Gasteiger partial charge < -0.3 is 16.2 Å². The summed E-state index contributed by atoms with van der Waals surface area (Å²) >= 11 is 0. The molecule has 90 valence electrons. The lowest BCUT2D eigenvalue weighted by molar-refractivity contribution is -0.122. The average Bonchev–Trinajstić information content (AvgIpc) is 2.13. The van der Waals surface area contributed by atoms with Crippen LogP contribution in [0.4, 0.5) is 0 Å². The zero-order valence-electron chi connectivity index (χ0n) is 9.99. The van der Waals surface area contributed by atoms with E-state index in [1.54, 1.807) is 6.92 Å². The predicted molar refractivity (Wildman–Crippen MR) is 61.3 cm³/mol. The number of hydrogen-bond acceptors (Lipinski definition) is 3. The molecule has 2 atom stereocenters. The first-order valence-corrected chi connectivity index (χ1v) is 5.60. The Morgan fingerprint density at radius 2 is 2.00 bits per heavy atom. The van der Waals surface area contributed by atoms with E-state index in [0.29, 0.717) is 25.4 Å². The second kappa shape index (κ2) is 7.65. The molecule has 15 heavy (non-hydrogen) atoms. The molecule has 4 N–H and O–H groups in total. The van der Waals surface area contributed by atoms with Crippen molar-refractivity contribution in [2.75, 3.05) is 13.1 Å². The van der Waals surface area contributed by atoms with Gasteiger partial charge in [0.1, 0.15) is 0 Å². The first-order chi connectivity index (χ1) is 6.95. The molecule has 1 amide bonds. The van der Waals surface area contributed by atoms with E-state index in [1.807, 2.05) is 0 Å². The van der Waals surface area contributed by atoms with E-state index >= 15 is 0 Å². The summed E-state index contributed by atoms with van der Waals surface area (Å²) < 4.78 is 0. The Morgan fingerprint density at radius 1 is 1.40 bits per heavy atom. The van der Waals surface area contributed by atoms with Crippen LogP contribution in [0, 0.1) is 11.8 Å². The Labute approximate surface area is 92.2 Å². The highest BCUT2D eigenvalue weighted by molar-refractivity contribution is 5.76. The number of aliphatic hydroxyl groups is 1. The van der Waals surface area contributed by atoms with Gasteiger partial charge in [0.15, 0.2) is 0 Å². The van der Waals surface area contributed by atoms with Crippen LogP contribution in [0.1, 0.15) is 33.6 Å². The minimum absolute atomic E-state index is 0.0213. The molecule has 0 saturated heterocycles. The molecule has 0 aliphatic carbocycles. The third-order valence-corrected chi connectivity index (χ3v) is 2.21. The van der Waals surface area contributed by atoms with Gasteiger partial charge in [-0.3, -0.25) is 4.79 Å². The summed E-state index contributed by atoms with van der Waals surface area (Å²) in [4.78, 5) is 11.4. The average molecular weight is 216 g/mol. The highest BCUT2D eigenvalue weighted by atomic mass is 16.3. The minimum Gasteiger partial charge on any atom is -0.392 e. The molecule has 4 nitrogen and oxygen atoms in total. The highest BCUT2D eigenvalue weighted by Gasteiger charge is 2.13. The number of nitrogens with two attached hydrogens (primary N) is 1. The molecule has 0 saturated carbocycles.